The van der Waals surface area contributed by atoms with Crippen molar-refractivity contribution in [3.8, 4) is 0 Å². The summed E-state index contributed by atoms with van der Waals surface area (Å²) in [5, 5.41) is 19.7. The molecule has 3 heteroatoms. The van der Waals surface area contributed by atoms with Crippen molar-refractivity contribution < 1.29 is 10.2 Å². The van der Waals surface area contributed by atoms with E-state index < -0.39 is 6.10 Å². The van der Waals surface area contributed by atoms with Crippen LogP contribution in [0.2, 0.25) is 0 Å². The van der Waals surface area contributed by atoms with Crippen LogP contribution in [0.15, 0.2) is 24.3 Å². The van der Waals surface area contributed by atoms with E-state index in [-0.39, 0.29) is 12.6 Å². The molecule has 2 rings (SSSR count). The lowest BCUT2D eigenvalue weighted by Crippen LogP contribution is -2.36. The zero-order chi connectivity index (χ0) is 13.8. The van der Waals surface area contributed by atoms with Crippen molar-refractivity contribution in [2.24, 2.45) is 5.92 Å². The van der Waals surface area contributed by atoms with E-state index in [1.807, 2.05) is 31.2 Å². The van der Waals surface area contributed by atoms with E-state index in [1.165, 1.54) is 0 Å². The van der Waals surface area contributed by atoms with Crippen LogP contribution in [0.5, 0.6) is 0 Å². The molecule has 2 N–H and O–H groups in total. The molecule has 1 saturated heterocycles. The van der Waals surface area contributed by atoms with Crippen LogP contribution in [-0.4, -0.2) is 40.9 Å². The molecule has 1 aromatic rings. The third kappa shape index (κ3) is 3.35. The van der Waals surface area contributed by atoms with E-state index in [0.717, 1.165) is 37.1 Å². The summed E-state index contributed by atoms with van der Waals surface area (Å²) in [7, 11) is 0. The average Bonchev–Trinajstić information content (AvgIpc) is 2.77. The molecule has 0 saturated carbocycles. The Balaban J connectivity index is 1.90. The second-order valence-electron chi connectivity index (χ2n) is 5.71. The molecule has 0 spiro atoms. The first kappa shape index (κ1) is 14.5. The number of benzene rings is 1. The van der Waals surface area contributed by atoms with Crippen LogP contribution in [0.25, 0.3) is 0 Å². The number of aliphatic hydroxyl groups excluding tert-OH is 2. The van der Waals surface area contributed by atoms with Crippen molar-refractivity contribution in [1.82, 2.24) is 4.90 Å². The van der Waals surface area contributed by atoms with Crippen molar-refractivity contribution >= 4 is 0 Å². The van der Waals surface area contributed by atoms with Crippen molar-refractivity contribution in [2.45, 2.75) is 38.8 Å². The van der Waals surface area contributed by atoms with Crippen molar-refractivity contribution in [3.63, 3.8) is 0 Å². The van der Waals surface area contributed by atoms with Gasteiger partial charge in [0, 0.05) is 12.6 Å². The fraction of sp³-hybridized carbons (Fsp3) is 0.625. The van der Waals surface area contributed by atoms with Crippen molar-refractivity contribution in [3.05, 3.63) is 35.4 Å². The van der Waals surface area contributed by atoms with Gasteiger partial charge in [0.2, 0.25) is 0 Å². The Hall–Kier alpha value is -0.900. The lowest BCUT2D eigenvalue weighted by atomic mass is 10.0. The average molecular weight is 263 g/mol. The van der Waals surface area contributed by atoms with E-state index in [0.29, 0.717) is 5.92 Å². The summed E-state index contributed by atoms with van der Waals surface area (Å²) in [6, 6.07) is 8.27. The molecule has 1 heterocycles. The molecule has 0 radical (unpaired) electrons. The van der Waals surface area contributed by atoms with Crippen LogP contribution >= 0.6 is 0 Å². The molecule has 0 aliphatic carbocycles. The van der Waals surface area contributed by atoms with Crippen LogP contribution in [0, 0.1) is 12.8 Å². The molecule has 1 aliphatic rings. The number of aliphatic hydroxyl groups is 2. The Kier molecular flexibility index (Phi) is 4.97. The number of nitrogens with zero attached hydrogens (tertiary/aromatic N) is 1. The lowest BCUT2D eigenvalue weighted by Gasteiger charge is -2.26. The highest BCUT2D eigenvalue weighted by Crippen LogP contribution is 2.26. The molecule has 3 unspecified atom stereocenters. The molecule has 1 fully saturated rings. The van der Waals surface area contributed by atoms with Crippen LogP contribution in [0.4, 0.5) is 0 Å². The molecule has 1 aliphatic heterocycles. The Morgan fingerprint density at radius 1 is 1.37 bits per heavy atom. The zero-order valence-electron chi connectivity index (χ0n) is 11.9. The molecule has 0 amide bonds. The maximum atomic E-state index is 10.3. The molecule has 3 nitrogen and oxygen atoms in total. The maximum Gasteiger partial charge on any atom is 0.0804 e. The predicted octanol–water partition coefficient (Wildman–Crippen LogP) is 2.12. The van der Waals surface area contributed by atoms with Gasteiger partial charge in [0.1, 0.15) is 0 Å². The summed E-state index contributed by atoms with van der Waals surface area (Å²) in [6.45, 7) is 6.34. The monoisotopic (exact) mass is 263 g/mol. The normalized spacial score (nSPS) is 25.7. The number of rotatable bonds is 5. The zero-order valence-corrected chi connectivity index (χ0v) is 11.9. The van der Waals surface area contributed by atoms with Gasteiger partial charge in [-0.25, -0.2) is 0 Å². The number of hydrogen-bond donors (Lipinski definition) is 2. The molecule has 1 aromatic carbocycles. The Morgan fingerprint density at radius 2 is 2.11 bits per heavy atom. The van der Waals surface area contributed by atoms with Crippen LogP contribution < -0.4 is 0 Å². The van der Waals surface area contributed by atoms with E-state index in [1.54, 1.807) is 0 Å². The Labute approximate surface area is 115 Å². The smallest absolute Gasteiger partial charge is 0.0804 e. The van der Waals surface area contributed by atoms with Gasteiger partial charge in [-0.3, -0.25) is 4.90 Å². The third-order valence-electron chi connectivity index (χ3n) is 4.42. The molecular formula is C16H25NO2. The van der Waals surface area contributed by atoms with Crippen LogP contribution in [0.3, 0.4) is 0 Å². The molecule has 0 aromatic heterocycles. The summed E-state index contributed by atoms with van der Waals surface area (Å²) < 4.78 is 0. The SMILES string of the molecule is Cc1ccccc1C(O)CCN1CCC(C)C1CO. The Bertz CT molecular complexity index is 407. The second kappa shape index (κ2) is 6.51. The molecule has 106 valence electrons. The highest BCUT2D eigenvalue weighted by atomic mass is 16.3. The van der Waals surface area contributed by atoms with E-state index >= 15 is 0 Å². The summed E-state index contributed by atoms with van der Waals surface area (Å²) in [5.41, 5.74) is 2.17. The fourth-order valence-electron chi connectivity index (χ4n) is 3.06. The first-order valence-corrected chi connectivity index (χ1v) is 7.22. The summed E-state index contributed by atoms with van der Waals surface area (Å²) in [6.07, 6.45) is 1.47. The predicted molar refractivity (Wildman–Crippen MR) is 77.0 cm³/mol. The summed E-state index contributed by atoms with van der Waals surface area (Å²) >= 11 is 0. The number of aryl methyl sites for hydroxylation is 1. The lowest BCUT2D eigenvalue weighted by molar-refractivity contribution is 0.106. The molecule has 3 atom stereocenters. The highest BCUT2D eigenvalue weighted by molar-refractivity contribution is 5.27. The summed E-state index contributed by atoms with van der Waals surface area (Å²) in [5.74, 6) is 0.556. The quantitative estimate of drug-likeness (QED) is 0.855. The maximum absolute atomic E-state index is 10.3. The van der Waals surface area contributed by atoms with Gasteiger partial charge >= 0.3 is 0 Å². The first-order valence-electron chi connectivity index (χ1n) is 7.22. The van der Waals surface area contributed by atoms with Crippen LogP contribution in [0.1, 0.15) is 37.0 Å². The second-order valence-corrected chi connectivity index (χ2v) is 5.71. The van der Waals surface area contributed by atoms with E-state index in [9.17, 15) is 10.2 Å². The minimum atomic E-state index is -0.406. The van der Waals surface area contributed by atoms with Gasteiger partial charge in [0.25, 0.3) is 0 Å². The minimum Gasteiger partial charge on any atom is -0.395 e. The van der Waals surface area contributed by atoms with Gasteiger partial charge in [-0.2, -0.15) is 0 Å². The van der Waals surface area contributed by atoms with Gasteiger partial charge in [-0.15, -0.1) is 0 Å². The summed E-state index contributed by atoms with van der Waals surface area (Å²) in [4.78, 5) is 2.31. The van der Waals surface area contributed by atoms with Crippen molar-refractivity contribution in [2.75, 3.05) is 19.7 Å². The number of hydrogen-bond acceptors (Lipinski definition) is 3. The van der Waals surface area contributed by atoms with Gasteiger partial charge in [0.15, 0.2) is 0 Å². The topological polar surface area (TPSA) is 43.7 Å². The molecule has 19 heavy (non-hydrogen) atoms. The van der Waals surface area contributed by atoms with Gasteiger partial charge < -0.3 is 10.2 Å². The van der Waals surface area contributed by atoms with Gasteiger partial charge in [-0.05, 0) is 43.4 Å². The van der Waals surface area contributed by atoms with Crippen LogP contribution in [-0.2, 0) is 0 Å². The standard InChI is InChI=1S/C16H25NO2/c1-12-5-3-4-6-14(12)16(19)8-10-17-9-7-13(2)15(17)11-18/h3-6,13,15-16,18-19H,7-11H2,1-2H3. The van der Waals surface area contributed by atoms with E-state index in [2.05, 4.69) is 11.8 Å². The largest absolute Gasteiger partial charge is 0.395 e. The number of likely N-dealkylation sites (tertiary alicyclic amines) is 1. The fourth-order valence-corrected chi connectivity index (χ4v) is 3.06. The highest BCUT2D eigenvalue weighted by Gasteiger charge is 2.30. The molecule has 0 bridgehead atoms. The Morgan fingerprint density at radius 3 is 2.79 bits per heavy atom. The van der Waals surface area contributed by atoms with E-state index in [4.69, 9.17) is 0 Å². The van der Waals surface area contributed by atoms with Crippen molar-refractivity contribution in [1.29, 1.82) is 0 Å². The molecular weight excluding hydrogens is 238 g/mol. The first-order chi connectivity index (χ1) is 9.13. The minimum absolute atomic E-state index is 0.224. The van der Waals surface area contributed by atoms with Gasteiger partial charge in [0.05, 0.1) is 12.7 Å². The van der Waals surface area contributed by atoms with Gasteiger partial charge in [-0.1, -0.05) is 31.2 Å². The third-order valence-corrected chi connectivity index (χ3v) is 4.42.